The molecule has 0 aliphatic heterocycles. The molecule has 3 rings (SSSR count). The van der Waals surface area contributed by atoms with Gasteiger partial charge in [0.1, 0.15) is 11.3 Å². The summed E-state index contributed by atoms with van der Waals surface area (Å²) in [4.78, 5) is 15.8. The van der Waals surface area contributed by atoms with Crippen molar-refractivity contribution in [2.45, 2.75) is 45.1 Å². The van der Waals surface area contributed by atoms with Crippen molar-refractivity contribution in [1.29, 1.82) is 0 Å². The fourth-order valence-corrected chi connectivity index (χ4v) is 3.31. The number of nitrogens with zero attached hydrogens (tertiary/aromatic N) is 2. The lowest BCUT2D eigenvalue weighted by Gasteiger charge is -2.43. The van der Waals surface area contributed by atoms with Crippen LogP contribution in [0.2, 0.25) is 0 Å². The van der Waals surface area contributed by atoms with E-state index in [1.54, 1.807) is 6.07 Å². The summed E-state index contributed by atoms with van der Waals surface area (Å²) in [6.45, 7) is 4.17. The van der Waals surface area contributed by atoms with Crippen LogP contribution >= 0.6 is 0 Å². The molecule has 0 bridgehead atoms. The molecule has 4 nitrogen and oxygen atoms in total. The Kier molecular flexibility index (Phi) is 2.62. The minimum absolute atomic E-state index is 0.149. The van der Waals surface area contributed by atoms with E-state index in [0.29, 0.717) is 11.1 Å². The molecule has 1 heterocycles. The Labute approximate surface area is 112 Å². The Bertz CT molecular complexity index is 648. The maximum absolute atomic E-state index is 11.3. The van der Waals surface area contributed by atoms with Crippen LogP contribution in [0.1, 0.15) is 48.8 Å². The van der Waals surface area contributed by atoms with Gasteiger partial charge in [-0.1, -0.05) is 13.0 Å². The van der Waals surface area contributed by atoms with Crippen LogP contribution in [0.5, 0.6) is 0 Å². The number of carbonyl (C=O) groups is 1. The number of para-hydroxylation sites is 1. The lowest BCUT2D eigenvalue weighted by molar-refractivity contribution is 0.0699. The Morgan fingerprint density at radius 2 is 2.21 bits per heavy atom. The van der Waals surface area contributed by atoms with Gasteiger partial charge in [0.05, 0.1) is 11.1 Å². The van der Waals surface area contributed by atoms with E-state index in [0.717, 1.165) is 30.6 Å². The molecule has 1 saturated carbocycles. The van der Waals surface area contributed by atoms with E-state index in [2.05, 4.69) is 16.5 Å². The van der Waals surface area contributed by atoms with Gasteiger partial charge < -0.3 is 9.67 Å². The van der Waals surface area contributed by atoms with Crippen LogP contribution in [0, 0.1) is 6.92 Å². The summed E-state index contributed by atoms with van der Waals surface area (Å²) in [5.74, 6) is 0.0136. The molecule has 0 spiro atoms. The summed E-state index contributed by atoms with van der Waals surface area (Å²) < 4.78 is 2.26. The molecule has 1 fully saturated rings. The molecular weight excluding hydrogens is 240 g/mol. The molecule has 1 aliphatic carbocycles. The Hall–Kier alpha value is -1.84. The number of carboxylic acid groups (broad SMARTS) is 1. The molecule has 0 radical (unpaired) electrons. The quantitative estimate of drug-likeness (QED) is 0.918. The smallest absolute Gasteiger partial charge is 0.337 e. The second-order valence-corrected chi connectivity index (χ2v) is 5.40. The van der Waals surface area contributed by atoms with Gasteiger partial charge in [-0.3, -0.25) is 0 Å². The number of aromatic nitrogens is 2. The van der Waals surface area contributed by atoms with Crippen molar-refractivity contribution in [3.8, 4) is 0 Å². The monoisotopic (exact) mass is 258 g/mol. The van der Waals surface area contributed by atoms with Crippen molar-refractivity contribution < 1.29 is 9.90 Å². The van der Waals surface area contributed by atoms with Crippen molar-refractivity contribution in [3.05, 3.63) is 29.6 Å². The third-order valence-electron chi connectivity index (χ3n) is 4.50. The molecule has 2 aromatic rings. The maximum Gasteiger partial charge on any atom is 0.337 e. The zero-order chi connectivity index (χ0) is 13.6. The van der Waals surface area contributed by atoms with Crippen molar-refractivity contribution in [1.82, 2.24) is 9.55 Å². The summed E-state index contributed by atoms with van der Waals surface area (Å²) in [7, 11) is 0. The minimum atomic E-state index is -0.908. The average Bonchev–Trinajstić information content (AvgIpc) is 2.66. The first-order chi connectivity index (χ1) is 9.09. The van der Waals surface area contributed by atoms with Crippen LogP contribution in [0.15, 0.2) is 18.2 Å². The number of fused-ring (bicyclic) bond motifs is 1. The number of aryl methyl sites for hydroxylation is 1. The fourth-order valence-electron chi connectivity index (χ4n) is 3.31. The lowest BCUT2D eigenvalue weighted by Crippen LogP contribution is -2.40. The second-order valence-electron chi connectivity index (χ2n) is 5.40. The average molecular weight is 258 g/mol. The highest BCUT2D eigenvalue weighted by atomic mass is 16.4. The van der Waals surface area contributed by atoms with E-state index in [9.17, 15) is 9.90 Å². The van der Waals surface area contributed by atoms with E-state index in [-0.39, 0.29) is 5.54 Å². The summed E-state index contributed by atoms with van der Waals surface area (Å²) in [5.41, 5.74) is 2.02. The van der Waals surface area contributed by atoms with Gasteiger partial charge in [-0.15, -0.1) is 0 Å². The molecule has 0 saturated heterocycles. The van der Waals surface area contributed by atoms with Crippen LogP contribution in [0.4, 0.5) is 0 Å². The predicted octanol–water partition coefficient (Wildman–Crippen LogP) is 3.33. The van der Waals surface area contributed by atoms with Crippen molar-refractivity contribution >= 4 is 17.0 Å². The van der Waals surface area contributed by atoms with E-state index in [1.165, 1.54) is 6.42 Å². The Balaban J connectivity index is 2.29. The number of benzene rings is 1. The topological polar surface area (TPSA) is 55.1 Å². The highest BCUT2D eigenvalue weighted by molar-refractivity contribution is 6.01. The van der Waals surface area contributed by atoms with Crippen molar-refractivity contribution in [3.63, 3.8) is 0 Å². The van der Waals surface area contributed by atoms with Crippen LogP contribution in [-0.4, -0.2) is 20.6 Å². The second kappa shape index (κ2) is 4.08. The number of rotatable bonds is 3. The third kappa shape index (κ3) is 1.59. The number of hydrogen-bond acceptors (Lipinski definition) is 2. The van der Waals surface area contributed by atoms with Gasteiger partial charge in [0.2, 0.25) is 0 Å². The summed E-state index contributed by atoms with van der Waals surface area (Å²) >= 11 is 0. The van der Waals surface area contributed by atoms with Crippen LogP contribution in [-0.2, 0) is 5.54 Å². The highest BCUT2D eigenvalue weighted by Gasteiger charge is 2.39. The van der Waals surface area contributed by atoms with Gasteiger partial charge in [-0.2, -0.15) is 0 Å². The minimum Gasteiger partial charge on any atom is -0.478 e. The van der Waals surface area contributed by atoms with Gasteiger partial charge in [0, 0.05) is 5.54 Å². The molecule has 0 atom stereocenters. The number of hydrogen-bond donors (Lipinski definition) is 1. The zero-order valence-corrected chi connectivity index (χ0v) is 11.3. The predicted molar refractivity (Wildman–Crippen MR) is 73.5 cm³/mol. The summed E-state index contributed by atoms with van der Waals surface area (Å²) in [6, 6.07) is 5.42. The van der Waals surface area contributed by atoms with Gasteiger partial charge in [-0.25, -0.2) is 9.78 Å². The van der Waals surface area contributed by atoms with Crippen molar-refractivity contribution in [2.75, 3.05) is 0 Å². The zero-order valence-electron chi connectivity index (χ0n) is 11.3. The standard InChI is InChI=1S/C15H18N2O2/c1-3-15(8-5-9-15)17-10(2)16-13-11(14(18)19)6-4-7-12(13)17/h4,6-7H,3,5,8-9H2,1-2H3,(H,18,19). The lowest BCUT2D eigenvalue weighted by atomic mass is 9.74. The first-order valence-corrected chi connectivity index (χ1v) is 6.81. The van der Waals surface area contributed by atoms with E-state index in [4.69, 9.17) is 0 Å². The molecule has 100 valence electrons. The SMILES string of the molecule is CCC1(n2c(C)nc3c(C(=O)O)cccc32)CCC1. The number of aromatic carboxylic acids is 1. The van der Waals surface area contributed by atoms with Gasteiger partial charge >= 0.3 is 5.97 Å². The third-order valence-corrected chi connectivity index (χ3v) is 4.50. The van der Waals surface area contributed by atoms with Crippen LogP contribution < -0.4 is 0 Å². The van der Waals surface area contributed by atoms with E-state index >= 15 is 0 Å². The first-order valence-electron chi connectivity index (χ1n) is 6.81. The maximum atomic E-state index is 11.3. The first kappa shape index (κ1) is 12.2. The molecule has 1 aliphatic rings. The van der Waals surface area contributed by atoms with Crippen LogP contribution in [0.3, 0.4) is 0 Å². The fraction of sp³-hybridized carbons (Fsp3) is 0.467. The molecule has 4 heteroatoms. The normalized spacial score (nSPS) is 17.4. The molecule has 1 aromatic carbocycles. The Morgan fingerprint density at radius 1 is 1.47 bits per heavy atom. The summed E-state index contributed by atoms with van der Waals surface area (Å²) in [5, 5.41) is 9.26. The van der Waals surface area contributed by atoms with Gasteiger partial charge in [0.15, 0.2) is 0 Å². The highest BCUT2D eigenvalue weighted by Crippen LogP contribution is 2.44. The largest absolute Gasteiger partial charge is 0.478 e. The number of imidazole rings is 1. The Morgan fingerprint density at radius 3 is 2.74 bits per heavy atom. The molecule has 1 aromatic heterocycles. The van der Waals surface area contributed by atoms with Crippen molar-refractivity contribution in [2.24, 2.45) is 0 Å². The summed E-state index contributed by atoms with van der Waals surface area (Å²) in [6.07, 6.45) is 4.63. The van der Waals surface area contributed by atoms with Crippen LogP contribution in [0.25, 0.3) is 11.0 Å². The molecule has 19 heavy (non-hydrogen) atoms. The van der Waals surface area contributed by atoms with E-state index < -0.39 is 5.97 Å². The molecular formula is C15H18N2O2. The molecule has 1 N–H and O–H groups in total. The van der Waals surface area contributed by atoms with E-state index in [1.807, 2.05) is 19.1 Å². The molecule has 0 amide bonds. The number of carboxylic acids is 1. The van der Waals surface area contributed by atoms with Gasteiger partial charge in [-0.05, 0) is 44.7 Å². The molecule has 0 unspecified atom stereocenters. The van der Waals surface area contributed by atoms with Gasteiger partial charge in [0.25, 0.3) is 0 Å².